The minimum atomic E-state index is -4.48. The predicted octanol–water partition coefficient (Wildman–Crippen LogP) is 4.62. The SMILES string of the molecule is Cn1c(Nc2cccc(O)c2)nc2c(sc3ccc(C(F)(F)F)cc32)c1=O. The van der Waals surface area contributed by atoms with E-state index >= 15 is 0 Å². The molecule has 0 aliphatic heterocycles. The van der Waals surface area contributed by atoms with Crippen LogP contribution in [0.15, 0.2) is 47.3 Å². The fourth-order valence-corrected chi connectivity index (χ4v) is 3.87. The lowest BCUT2D eigenvalue weighted by molar-refractivity contribution is -0.137. The molecule has 5 nitrogen and oxygen atoms in total. The van der Waals surface area contributed by atoms with Gasteiger partial charge in [0.15, 0.2) is 0 Å². The van der Waals surface area contributed by atoms with Crippen molar-refractivity contribution >= 4 is 43.3 Å². The molecule has 0 fully saturated rings. The molecule has 27 heavy (non-hydrogen) atoms. The van der Waals surface area contributed by atoms with Crippen molar-refractivity contribution < 1.29 is 18.3 Å². The Balaban J connectivity index is 1.94. The van der Waals surface area contributed by atoms with Gasteiger partial charge in [-0.05, 0) is 30.3 Å². The number of hydrogen-bond acceptors (Lipinski definition) is 5. The van der Waals surface area contributed by atoms with Gasteiger partial charge in [0.1, 0.15) is 10.4 Å². The summed E-state index contributed by atoms with van der Waals surface area (Å²) in [6, 6.07) is 9.59. The van der Waals surface area contributed by atoms with Gasteiger partial charge in [0, 0.05) is 28.9 Å². The minimum absolute atomic E-state index is 0.0295. The van der Waals surface area contributed by atoms with Gasteiger partial charge in [0.2, 0.25) is 5.95 Å². The third kappa shape index (κ3) is 2.99. The smallest absolute Gasteiger partial charge is 0.416 e. The molecule has 0 atom stereocenters. The number of fused-ring (bicyclic) bond motifs is 3. The van der Waals surface area contributed by atoms with Gasteiger partial charge in [-0.25, -0.2) is 4.98 Å². The number of aromatic nitrogens is 2. The molecule has 0 unspecified atom stereocenters. The van der Waals surface area contributed by atoms with Gasteiger partial charge < -0.3 is 10.4 Å². The molecular weight excluding hydrogens is 379 g/mol. The maximum absolute atomic E-state index is 13.1. The van der Waals surface area contributed by atoms with Crippen LogP contribution < -0.4 is 10.9 Å². The summed E-state index contributed by atoms with van der Waals surface area (Å²) in [5, 5.41) is 12.8. The van der Waals surface area contributed by atoms with Crippen molar-refractivity contribution in [3.8, 4) is 5.75 Å². The Morgan fingerprint density at radius 3 is 2.67 bits per heavy atom. The van der Waals surface area contributed by atoms with Crippen LogP contribution >= 0.6 is 11.3 Å². The first kappa shape index (κ1) is 17.3. The van der Waals surface area contributed by atoms with Crippen LogP contribution in [0, 0.1) is 0 Å². The molecule has 2 heterocycles. The Hall–Kier alpha value is -3.07. The Labute approximate surface area is 154 Å². The highest BCUT2D eigenvalue weighted by molar-refractivity contribution is 7.25. The summed E-state index contributed by atoms with van der Waals surface area (Å²) in [6.45, 7) is 0. The van der Waals surface area contributed by atoms with Gasteiger partial charge in [-0.3, -0.25) is 9.36 Å². The summed E-state index contributed by atoms with van der Waals surface area (Å²) >= 11 is 1.11. The molecule has 4 aromatic rings. The quantitative estimate of drug-likeness (QED) is 0.523. The molecule has 0 aliphatic carbocycles. The summed E-state index contributed by atoms with van der Waals surface area (Å²) in [6.07, 6.45) is -4.48. The lowest BCUT2D eigenvalue weighted by Gasteiger charge is -2.10. The van der Waals surface area contributed by atoms with Crippen LogP contribution in [0.25, 0.3) is 20.3 Å². The van der Waals surface area contributed by atoms with Crippen molar-refractivity contribution in [2.24, 2.45) is 7.05 Å². The van der Waals surface area contributed by atoms with E-state index in [4.69, 9.17) is 0 Å². The molecule has 138 valence electrons. The zero-order chi connectivity index (χ0) is 19.3. The van der Waals surface area contributed by atoms with E-state index in [1.54, 1.807) is 12.1 Å². The molecular formula is C18H12F3N3O2S. The number of alkyl halides is 3. The molecule has 0 saturated carbocycles. The van der Waals surface area contributed by atoms with Crippen LogP contribution in [0.4, 0.5) is 24.8 Å². The van der Waals surface area contributed by atoms with E-state index in [1.165, 1.54) is 29.8 Å². The summed E-state index contributed by atoms with van der Waals surface area (Å²) in [4.78, 5) is 17.1. The van der Waals surface area contributed by atoms with Crippen LogP contribution in [-0.4, -0.2) is 14.7 Å². The number of rotatable bonds is 2. The molecule has 0 saturated heterocycles. The Bertz CT molecular complexity index is 1240. The predicted molar refractivity (Wildman–Crippen MR) is 98.8 cm³/mol. The highest BCUT2D eigenvalue weighted by Gasteiger charge is 2.31. The van der Waals surface area contributed by atoms with Gasteiger partial charge in [0.05, 0.1) is 11.1 Å². The van der Waals surface area contributed by atoms with E-state index < -0.39 is 11.7 Å². The van der Waals surface area contributed by atoms with Crippen LogP contribution in [0.5, 0.6) is 5.75 Å². The molecule has 4 rings (SSSR count). The first-order valence-corrected chi connectivity index (χ1v) is 8.62. The second kappa shape index (κ2) is 5.98. The third-order valence-electron chi connectivity index (χ3n) is 4.13. The zero-order valence-corrected chi connectivity index (χ0v) is 14.6. The first-order valence-electron chi connectivity index (χ1n) is 7.80. The number of thiophene rings is 1. The Morgan fingerprint density at radius 2 is 1.96 bits per heavy atom. The Morgan fingerprint density at radius 1 is 1.19 bits per heavy atom. The first-order chi connectivity index (χ1) is 12.7. The monoisotopic (exact) mass is 391 g/mol. The number of benzene rings is 2. The van der Waals surface area contributed by atoms with E-state index in [2.05, 4.69) is 10.3 Å². The molecule has 0 amide bonds. The highest BCUT2D eigenvalue weighted by Crippen LogP contribution is 2.37. The number of anilines is 2. The van der Waals surface area contributed by atoms with Crippen molar-refractivity contribution in [2.75, 3.05) is 5.32 Å². The Kier molecular flexibility index (Phi) is 3.84. The second-order valence-corrected chi connectivity index (χ2v) is 7.02. The van der Waals surface area contributed by atoms with Crippen molar-refractivity contribution in [2.45, 2.75) is 6.18 Å². The number of phenols is 1. The van der Waals surface area contributed by atoms with Crippen molar-refractivity contribution in [1.82, 2.24) is 9.55 Å². The third-order valence-corrected chi connectivity index (χ3v) is 5.27. The summed E-state index contributed by atoms with van der Waals surface area (Å²) in [5.74, 6) is 0.192. The average Bonchev–Trinajstić information content (AvgIpc) is 2.97. The maximum Gasteiger partial charge on any atom is 0.416 e. The summed E-state index contributed by atoms with van der Waals surface area (Å²) < 4.78 is 41.3. The van der Waals surface area contributed by atoms with Crippen LogP contribution in [0.2, 0.25) is 0 Å². The number of hydrogen-bond donors (Lipinski definition) is 2. The van der Waals surface area contributed by atoms with Gasteiger partial charge in [-0.1, -0.05) is 6.07 Å². The standard InChI is InChI=1S/C18H12F3N3O2S/c1-24-16(26)15-14(23-17(24)22-10-3-2-4-11(25)8-10)12-7-9(18(19,20)21)5-6-13(12)27-15/h2-8,25H,1H3,(H,22,23). The molecule has 0 radical (unpaired) electrons. The van der Waals surface area contributed by atoms with Crippen LogP contribution in [0.1, 0.15) is 5.56 Å². The number of phenolic OH excluding ortho intramolecular Hbond substituents is 1. The van der Waals surface area contributed by atoms with Gasteiger partial charge >= 0.3 is 6.18 Å². The van der Waals surface area contributed by atoms with E-state index in [1.807, 2.05) is 0 Å². The van der Waals surface area contributed by atoms with Crippen LogP contribution in [0.3, 0.4) is 0 Å². The summed E-state index contributed by atoms with van der Waals surface area (Å²) in [5.41, 5.74) is -0.448. The molecule has 0 spiro atoms. The number of nitrogens with one attached hydrogen (secondary N) is 1. The lowest BCUT2D eigenvalue weighted by Crippen LogP contribution is -2.20. The largest absolute Gasteiger partial charge is 0.508 e. The van der Waals surface area contributed by atoms with E-state index in [0.717, 1.165) is 23.5 Å². The van der Waals surface area contributed by atoms with E-state index in [9.17, 15) is 23.1 Å². The number of nitrogens with zero attached hydrogens (tertiary/aromatic N) is 2. The molecule has 0 aliphatic rings. The zero-order valence-electron chi connectivity index (χ0n) is 13.8. The van der Waals surface area contributed by atoms with Crippen molar-refractivity contribution in [3.05, 3.63) is 58.4 Å². The summed E-state index contributed by atoms with van der Waals surface area (Å²) in [7, 11) is 1.52. The van der Waals surface area contributed by atoms with Gasteiger partial charge in [-0.15, -0.1) is 11.3 Å². The average molecular weight is 391 g/mol. The highest BCUT2D eigenvalue weighted by atomic mass is 32.1. The second-order valence-electron chi connectivity index (χ2n) is 5.96. The lowest BCUT2D eigenvalue weighted by atomic mass is 10.1. The molecule has 2 aromatic carbocycles. The van der Waals surface area contributed by atoms with Crippen molar-refractivity contribution in [3.63, 3.8) is 0 Å². The molecule has 2 N–H and O–H groups in total. The number of aromatic hydroxyl groups is 1. The van der Waals surface area contributed by atoms with Crippen molar-refractivity contribution in [1.29, 1.82) is 0 Å². The maximum atomic E-state index is 13.1. The molecule has 0 bridgehead atoms. The fourth-order valence-electron chi connectivity index (χ4n) is 2.77. The fraction of sp³-hybridized carbons (Fsp3) is 0.111. The van der Waals surface area contributed by atoms with E-state index in [0.29, 0.717) is 10.4 Å². The van der Waals surface area contributed by atoms with Crippen LogP contribution in [-0.2, 0) is 13.2 Å². The van der Waals surface area contributed by atoms with E-state index in [-0.39, 0.29) is 32.9 Å². The topological polar surface area (TPSA) is 67.2 Å². The molecule has 2 aromatic heterocycles. The number of halogens is 3. The normalized spacial score (nSPS) is 12.0. The van der Waals surface area contributed by atoms with Gasteiger partial charge in [0.25, 0.3) is 5.56 Å². The minimum Gasteiger partial charge on any atom is -0.508 e. The van der Waals surface area contributed by atoms with Gasteiger partial charge in [-0.2, -0.15) is 13.2 Å². The molecule has 9 heteroatoms.